The number of hydrogen-bond donors (Lipinski definition) is 1. The Labute approximate surface area is 69.3 Å². The maximum absolute atomic E-state index is 3.28. The van der Waals surface area contributed by atoms with Crippen LogP contribution in [0.5, 0.6) is 0 Å². The molecule has 0 radical (unpaired) electrons. The molecule has 0 aromatic heterocycles. The summed E-state index contributed by atoms with van der Waals surface area (Å²) in [5, 5.41) is 3.28. The van der Waals surface area contributed by atoms with Gasteiger partial charge in [0.15, 0.2) is 0 Å². The zero-order valence-electron chi connectivity index (χ0n) is 5.74. The van der Waals surface area contributed by atoms with E-state index in [9.17, 15) is 0 Å². The number of rotatable bonds is 4. The molecule has 52 valence electrons. The van der Waals surface area contributed by atoms with Gasteiger partial charge in [-0.25, -0.2) is 0 Å². The van der Waals surface area contributed by atoms with Gasteiger partial charge in [-0.15, -0.1) is 24.0 Å². The van der Waals surface area contributed by atoms with Crippen LogP contribution in [0, 0.1) is 0 Å². The lowest BCUT2D eigenvalue weighted by molar-refractivity contribution is 0.662. The van der Waals surface area contributed by atoms with E-state index in [-0.39, 0.29) is 24.0 Å². The quantitative estimate of drug-likeness (QED) is 0.574. The Morgan fingerprint density at radius 2 is 1.38 bits per heavy atom. The van der Waals surface area contributed by atoms with Gasteiger partial charge in [-0.05, 0) is 25.9 Å². The van der Waals surface area contributed by atoms with Gasteiger partial charge >= 0.3 is 0 Å². The molecule has 0 saturated carbocycles. The van der Waals surface area contributed by atoms with E-state index in [1.165, 1.54) is 25.9 Å². The van der Waals surface area contributed by atoms with Gasteiger partial charge < -0.3 is 5.32 Å². The summed E-state index contributed by atoms with van der Waals surface area (Å²) in [5.74, 6) is 0. The third kappa shape index (κ3) is 9.85. The van der Waals surface area contributed by atoms with Gasteiger partial charge in [0.05, 0.1) is 0 Å². The van der Waals surface area contributed by atoms with E-state index in [1.807, 2.05) is 0 Å². The van der Waals surface area contributed by atoms with Gasteiger partial charge in [-0.1, -0.05) is 13.8 Å². The molecule has 1 N–H and O–H groups in total. The molecule has 0 aliphatic rings. The number of nitrogens with one attached hydrogen (secondary N) is 1. The molecular weight excluding hydrogens is 213 g/mol. The summed E-state index contributed by atoms with van der Waals surface area (Å²) in [7, 11) is 0. The Hall–Kier alpha value is 0.690. The molecule has 0 amide bonds. The van der Waals surface area contributed by atoms with Crippen LogP contribution in [0.3, 0.4) is 0 Å². The summed E-state index contributed by atoms with van der Waals surface area (Å²) in [6.45, 7) is 6.72. The molecule has 8 heavy (non-hydrogen) atoms. The molecule has 0 aliphatic carbocycles. The molecule has 0 heterocycles. The third-order valence-corrected chi connectivity index (χ3v) is 0.854. The first-order chi connectivity index (χ1) is 3.41. The lowest BCUT2D eigenvalue weighted by Crippen LogP contribution is -2.14. The van der Waals surface area contributed by atoms with Crippen LogP contribution in [-0.4, -0.2) is 13.1 Å². The SMILES string of the molecule is CCCNCCC.I. The lowest BCUT2D eigenvalue weighted by Gasteiger charge is -1.95. The van der Waals surface area contributed by atoms with Gasteiger partial charge in [-0.2, -0.15) is 0 Å². The summed E-state index contributed by atoms with van der Waals surface area (Å²) in [6, 6.07) is 0. The van der Waals surface area contributed by atoms with Crippen LogP contribution < -0.4 is 5.32 Å². The molecule has 0 bridgehead atoms. The minimum atomic E-state index is 0. The summed E-state index contributed by atoms with van der Waals surface area (Å²) in [4.78, 5) is 0. The van der Waals surface area contributed by atoms with Crippen LogP contribution in [0.2, 0.25) is 0 Å². The Balaban J connectivity index is 0. The van der Waals surface area contributed by atoms with Crippen LogP contribution in [0.25, 0.3) is 0 Å². The van der Waals surface area contributed by atoms with Crippen molar-refractivity contribution in [1.82, 2.24) is 5.32 Å². The van der Waals surface area contributed by atoms with Crippen LogP contribution in [-0.2, 0) is 0 Å². The van der Waals surface area contributed by atoms with E-state index in [0.29, 0.717) is 0 Å². The van der Waals surface area contributed by atoms with Crippen molar-refractivity contribution in [3.05, 3.63) is 0 Å². The molecule has 0 aromatic carbocycles. The van der Waals surface area contributed by atoms with E-state index in [1.54, 1.807) is 0 Å². The minimum absolute atomic E-state index is 0. The summed E-state index contributed by atoms with van der Waals surface area (Å²) >= 11 is 0. The Bertz CT molecular complexity index is 27.7. The van der Waals surface area contributed by atoms with Crippen LogP contribution in [0.4, 0.5) is 0 Å². The Morgan fingerprint density at radius 3 is 1.62 bits per heavy atom. The van der Waals surface area contributed by atoms with Crippen molar-refractivity contribution < 1.29 is 0 Å². The van der Waals surface area contributed by atoms with Gasteiger partial charge in [0.2, 0.25) is 0 Å². The Morgan fingerprint density at radius 1 is 1.00 bits per heavy atom. The van der Waals surface area contributed by atoms with Crippen molar-refractivity contribution in [2.75, 3.05) is 13.1 Å². The maximum atomic E-state index is 3.28. The smallest absolute Gasteiger partial charge is 0.00516 e. The van der Waals surface area contributed by atoms with Crippen LogP contribution >= 0.6 is 24.0 Å². The van der Waals surface area contributed by atoms with Crippen molar-refractivity contribution >= 4 is 24.0 Å². The molecule has 0 aliphatic heterocycles. The molecule has 0 atom stereocenters. The fraction of sp³-hybridized carbons (Fsp3) is 1.00. The largest absolute Gasteiger partial charge is 0.317 e. The first-order valence-corrected chi connectivity index (χ1v) is 3.12. The highest BCUT2D eigenvalue weighted by atomic mass is 127. The van der Waals surface area contributed by atoms with Crippen molar-refractivity contribution in [1.29, 1.82) is 0 Å². The molecule has 0 rings (SSSR count). The highest BCUT2D eigenvalue weighted by Crippen LogP contribution is 1.71. The number of halogens is 1. The maximum Gasteiger partial charge on any atom is -0.00516 e. The second-order valence-corrected chi connectivity index (χ2v) is 1.75. The van der Waals surface area contributed by atoms with E-state index < -0.39 is 0 Å². The predicted octanol–water partition coefficient (Wildman–Crippen LogP) is 2.01. The molecule has 0 spiro atoms. The fourth-order valence-electron chi connectivity index (χ4n) is 0.479. The van der Waals surface area contributed by atoms with E-state index in [0.717, 1.165) is 0 Å². The van der Waals surface area contributed by atoms with E-state index >= 15 is 0 Å². The van der Waals surface area contributed by atoms with Crippen molar-refractivity contribution in [3.63, 3.8) is 0 Å². The van der Waals surface area contributed by atoms with Gasteiger partial charge in [0.25, 0.3) is 0 Å². The minimum Gasteiger partial charge on any atom is -0.317 e. The predicted molar refractivity (Wildman–Crippen MR) is 48.9 cm³/mol. The standard InChI is InChI=1S/C6H15N.HI/c1-3-5-7-6-4-2;/h7H,3-6H2,1-2H3;1H. The normalized spacial score (nSPS) is 8.25. The average Bonchev–Trinajstić information content (AvgIpc) is 1.69. The van der Waals surface area contributed by atoms with Crippen LogP contribution in [0.1, 0.15) is 26.7 Å². The molecule has 2 heteroatoms. The van der Waals surface area contributed by atoms with Crippen LogP contribution in [0.15, 0.2) is 0 Å². The first-order valence-electron chi connectivity index (χ1n) is 3.12. The molecule has 1 nitrogen and oxygen atoms in total. The average molecular weight is 229 g/mol. The summed E-state index contributed by atoms with van der Waals surface area (Å²) in [5.41, 5.74) is 0. The van der Waals surface area contributed by atoms with E-state index in [2.05, 4.69) is 19.2 Å². The Kier molecular flexibility index (Phi) is 15.3. The van der Waals surface area contributed by atoms with Gasteiger partial charge in [0.1, 0.15) is 0 Å². The van der Waals surface area contributed by atoms with E-state index in [4.69, 9.17) is 0 Å². The van der Waals surface area contributed by atoms with Gasteiger partial charge in [0, 0.05) is 0 Å². The summed E-state index contributed by atoms with van der Waals surface area (Å²) < 4.78 is 0. The highest BCUT2D eigenvalue weighted by molar-refractivity contribution is 14.0. The zero-order chi connectivity index (χ0) is 5.54. The molecule has 0 unspecified atom stereocenters. The zero-order valence-corrected chi connectivity index (χ0v) is 8.07. The van der Waals surface area contributed by atoms with Crippen molar-refractivity contribution in [2.45, 2.75) is 26.7 Å². The molecule has 0 saturated heterocycles. The van der Waals surface area contributed by atoms with Crippen molar-refractivity contribution in [3.8, 4) is 0 Å². The molecule has 0 fully saturated rings. The molecule has 0 aromatic rings. The number of hydrogen-bond acceptors (Lipinski definition) is 1. The second-order valence-electron chi connectivity index (χ2n) is 1.75. The second kappa shape index (κ2) is 10.6. The van der Waals surface area contributed by atoms with Gasteiger partial charge in [-0.3, -0.25) is 0 Å². The fourth-order valence-corrected chi connectivity index (χ4v) is 0.479. The summed E-state index contributed by atoms with van der Waals surface area (Å²) in [6.07, 6.45) is 2.50. The monoisotopic (exact) mass is 229 g/mol. The first kappa shape index (κ1) is 11.5. The highest BCUT2D eigenvalue weighted by Gasteiger charge is 1.76. The van der Waals surface area contributed by atoms with Crippen molar-refractivity contribution in [2.24, 2.45) is 0 Å². The third-order valence-electron chi connectivity index (χ3n) is 0.854. The topological polar surface area (TPSA) is 12.0 Å². The molecular formula is C6H16IN. The lowest BCUT2D eigenvalue weighted by atomic mass is 10.4.